The van der Waals surface area contributed by atoms with Gasteiger partial charge in [0.1, 0.15) is 5.60 Å². The number of nitrogens with zero attached hydrogens (tertiary/aromatic N) is 1. The fraction of sp³-hybridized carbons (Fsp3) is 0.667. The second kappa shape index (κ2) is 6.31. The van der Waals surface area contributed by atoms with Gasteiger partial charge in [-0.3, -0.25) is 5.32 Å². The maximum atomic E-state index is 11.6. The van der Waals surface area contributed by atoms with Gasteiger partial charge in [-0.2, -0.15) is 0 Å². The summed E-state index contributed by atoms with van der Waals surface area (Å²) in [6, 6.07) is 0. The Balaban J connectivity index is 2.76. The third kappa shape index (κ3) is 4.77. The van der Waals surface area contributed by atoms with Crippen molar-refractivity contribution in [3.05, 3.63) is 10.6 Å². The van der Waals surface area contributed by atoms with Gasteiger partial charge < -0.3 is 15.6 Å². The normalized spacial score (nSPS) is 13.2. The van der Waals surface area contributed by atoms with Crippen LogP contribution in [0.3, 0.4) is 0 Å². The quantitative estimate of drug-likeness (QED) is 0.785. The van der Waals surface area contributed by atoms with Gasteiger partial charge in [0.25, 0.3) is 0 Å². The smallest absolute Gasteiger partial charge is 0.413 e. The third-order valence-corrected chi connectivity index (χ3v) is 3.55. The maximum absolute atomic E-state index is 11.6. The number of carbonyl (C=O) groups excluding carboxylic acids is 1. The summed E-state index contributed by atoms with van der Waals surface area (Å²) in [5, 5.41) is 12.3. The zero-order valence-electron chi connectivity index (χ0n) is 11.7. The molecule has 4 N–H and O–H groups in total. The van der Waals surface area contributed by atoms with Crippen molar-refractivity contribution < 1.29 is 14.6 Å². The number of hydrogen-bond acceptors (Lipinski definition) is 6. The minimum atomic E-state index is -0.551. The van der Waals surface area contributed by atoms with E-state index in [0.717, 1.165) is 10.6 Å². The summed E-state index contributed by atoms with van der Waals surface area (Å²) in [7, 11) is 0. The van der Waals surface area contributed by atoms with Crippen LogP contribution < -0.4 is 11.1 Å². The van der Waals surface area contributed by atoms with Crippen molar-refractivity contribution in [2.24, 2.45) is 5.73 Å². The molecule has 0 saturated carbocycles. The molecule has 1 heterocycles. The second-order valence-electron chi connectivity index (χ2n) is 5.21. The monoisotopic (exact) mass is 287 g/mol. The van der Waals surface area contributed by atoms with Crippen LogP contribution >= 0.6 is 11.3 Å². The number of nitrogens with one attached hydrogen (secondary N) is 1. The summed E-state index contributed by atoms with van der Waals surface area (Å²) in [6.45, 7) is 7.51. The molecule has 1 amide bonds. The van der Waals surface area contributed by atoms with Gasteiger partial charge in [-0.15, -0.1) is 11.3 Å². The van der Waals surface area contributed by atoms with E-state index >= 15 is 0 Å². The second-order valence-corrected chi connectivity index (χ2v) is 6.24. The Morgan fingerprint density at radius 2 is 2.21 bits per heavy atom. The first-order valence-corrected chi connectivity index (χ1v) is 6.86. The lowest BCUT2D eigenvalue weighted by Crippen LogP contribution is -2.27. The summed E-state index contributed by atoms with van der Waals surface area (Å²) >= 11 is 1.31. The van der Waals surface area contributed by atoms with E-state index < -0.39 is 11.7 Å². The van der Waals surface area contributed by atoms with E-state index in [-0.39, 0.29) is 12.5 Å². The Kier molecular flexibility index (Phi) is 5.28. The number of rotatable bonds is 4. The fourth-order valence-corrected chi connectivity index (χ4v) is 2.55. The van der Waals surface area contributed by atoms with E-state index in [1.165, 1.54) is 11.3 Å². The Bertz CT molecular complexity index is 436. The SMILES string of the molecule is Cc1nc(NC(=O)OC(C)(C)C)sc1C(CN)CO. The molecule has 7 heteroatoms. The lowest BCUT2D eigenvalue weighted by Gasteiger charge is -2.18. The van der Waals surface area contributed by atoms with Gasteiger partial charge in [0.2, 0.25) is 0 Å². The van der Waals surface area contributed by atoms with Crippen molar-refractivity contribution in [2.45, 2.75) is 39.2 Å². The molecule has 0 radical (unpaired) electrons. The van der Waals surface area contributed by atoms with Gasteiger partial charge >= 0.3 is 6.09 Å². The molecule has 0 spiro atoms. The summed E-state index contributed by atoms with van der Waals surface area (Å²) < 4.78 is 5.15. The highest BCUT2D eigenvalue weighted by Crippen LogP contribution is 2.29. The number of anilines is 1. The number of nitrogens with two attached hydrogens (primary N) is 1. The first-order valence-electron chi connectivity index (χ1n) is 6.05. The van der Waals surface area contributed by atoms with E-state index in [1.807, 2.05) is 6.92 Å². The van der Waals surface area contributed by atoms with Crippen molar-refractivity contribution >= 4 is 22.6 Å². The van der Waals surface area contributed by atoms with Crippen LogP contribution in [0.2, 0.25) is 0 Å². The molecule has 19 heavy (non-hydrogen) atoms. The topological polar surface area (TPSA) is 97.5 Å². The molecule has 0 aliphatic heterocycles. The molecule has 0 aliphatic carbocycles. The van der Waals surface area contributed by atoms with Crippen LogP contribution in [0.15, 0.2) is 0 Å². The van der Waals surface area contributed by atoms with Crippen LogP contribution in [0.5, 0.6) is 0 Å². The van der Waals surface area contributed by atoms with Gasteiger partial charge in [-0.25, -0.2) is 9.78 Å². The standard InChI is InChI=1S/C12H21N3O3S/c1-7-9(8(5-13)6-16)19-10(14-7)15-11(17)18-12(2,3)4/h8,16H,5-6,13H2,1-4H3,(H,14,15,17). The molecule has 1 atom stereocenters. The highest BCUT2D eigenvalue weighted by atomic mass is 32.1. The fourth-order valence-electron chi connectivity index (χ4n) is 1.50. The first kappa shape index (κ1) is 15.9. The third-order valence-electron chi connectivity index (χ3n) is 2.32. The van der Waals surface area contributed by atoms with Crippen molar-refractivity contribution in [1.29, 1.82) is 0 Å². The molecule has 1 unspecified atom stereocenters. The number of aliphatic hydroxyl groups is 1. The Morgan fingerprint density at radius 1 is 1.58 bits per heavy atom. The molecule has 1 aromatic heterocycles. The number of thiazole rings is 1. The van der Waals surface area contributed by atoms with E-state index in [1.54, 1.807) is 20.8 Å². The maximum Gasteiger partial charge on any atom is 0.413 e. The number of amides is 1. The highest BCUT2D eigenvalue weighted by Gasteiger charge is 2.20. The van der Waals surface area contributed by atoms with Crippen LogP contribution in [0, 0.1) is 6.92 Å². The molecule has 108 valence electrons. The summed E-state index contributed by atoms with van der Waals surface area (Å²) in [5.74, 6) is -0.147. The number of ether oxygens (including phenoxy) is 1. The van der Waals surface area contributed by atoms with Crippen molar-refractivity contribution in [1.82, 2.24) is 4.98 Å². The Labute approximate surface area is 117 Å². The summed E-state index contributed by atoms with van der Waals surface area (Å²) in [6.07, 6.45) is -0.541. The molecule has 0 aromatic carbocycles. The highest BCUT2D eigenvalue weighted by molar-refractivity contribution is 7.16. The molecule has 0 fully saturated rings. The molecule has 0 aliphatic rings. The predicted molar refractivity (Wildman–Crippen MR) is 75.6 cm³/mol. The van der Waals surface area contributed by atoms with Crippen LogP contribution in [-0.4, -0.2) is 34.9 Å². The van der Waals surface area contributed by atoms with Crippen molar-refractivity contribution in [3.8, 4) is 0 Å². The molecule has 0 saturated heterocycles. The Hall–Kier alpha value is -1.18. The zero-order valence-corrected chi connectivity index (χ0v) is 12.5. The zero-order chi connectivity index (χ0) is 14.6. The summed E-state index contributed by atoms with van der Waals surface area (Å²) in [4.78, 5) is 16.7. The molecule has 0 bridgehead atoms. The molecule has 6 nitrogen and oxygen atoms in total. The van der Waals surface area contributed by atoms with E-state index in [9.17, 15) is 9.90 Å². The van der Waals surface area contributed by atoms with Gasteiger partial charge in [-0.05, 0) is 27.7 Å². The molecule has 1 rings (SSSR count). The average Bonchev–Trinajstić information content (AvgIpc) is 2.58. The number of carbonyl (C=O) groups is 1. The van der Waals surface area contributed by atoms with Crippen molar-refractivity contribution in [3.63, 3.8) is 0 Å². The van der Waals surface area contributed by atoms with Crippen LogP contribution in [0.4, 0.5) is 9.93 Å². The minimum Gasteiger partial charge on any atom is -0.444 e. The van der Waals surface area contributed by atoms with Crippen LogP contribution in [0.1, 0.15) is 37.3 Å². The average molecular weight is 287 g/mol. The Morgan fingerprint density at radius 3 is 2.68 bits per heavy atom. The first-order chi connectivity index (χ1) is 8.76. The molecular weight excluding hydrogens is 266 g/mol. The van der Waals surface area contributed by atoms with Gasteiger partial charge in [0, 0.05) is 17.3 Å². The molecule has 1 aromatic rings. The van der Waals surface area contributed by atoms with E-state index in [2.05, 4.69) is 10.3 Å². The summed E-state index contributed by atoms with van der Waals surface area (Å²) in [5.41, 5.74) is 5.80. The predicted octanol–water partition coefficient (Wildman–Crippen LogP) is 1.83. The van der Waals surface area contributed by atoms with Crippen LogP contribution in [0.25, 0.3) is 0 Å². The number of aromatic nitrogens is 1. The minimum absolute atomic E-state index is 0.0363. The number of aliphatic hydroxyl groups excluding tert-OH is 1. The van der Waals surface area contributed by atoms with E-state index in [4.69, 9.17) is 10.5 Å². The van der Waals surface area contributed by atoms with Gasteiger partial charge in [0.05, 0.1) is 12.3 Å². The van der Waals surface area contributed by atoms with E-state index in [0.29, 0.717) is 11.7 Å². The number of hydrogen-bond donors (Lipinski definition) is 3. The van der Waals surface area contributed by atoms with Gasteiger partial charge in [0.15, 0.2) is 5.13 Å². The van der Waals surface area contributed by atoms with Gasteiger partial charge in [-0.1, -0.05) is 0 Å². The van der Waals surface area contributed by atoms with Crippen LogP contribution in [-0.2, 0) is 4.74 Å². The number of aryl methyl sites for hydroxylation is 1. The molecular formula is C12H21N3O3S. The lowest BCUT2D eigenvalue weighted by atomic mass is 10.1. The largest absolute Gasteiger partial charge is 0.444 e. The van der Waals surface area contributed by atoms with Crippen molar-refractivity contribution in [2.75, 3.05) is 18.5 Å². The lowest BCUT2D eigenvalue weighted by molar-refractivity contribution is 0.0636.